The molecule has 0 saturated heterocycles. The van der Waals surface area contributed by atoms with E-state index in [0.29, 0.717) is 25.3 Å². The van der Waals surface area contributed by atoms with E-state index in [0.717, 1.165) is 29.0 Å². The Bertz CT molecular complexity index is 673. The van der Waals surface area contributed by atoms with Gasteiger partial charge in [0.2, 0.25) is 0 Å². The van der Waals surface area contributed by atoms with Crippen LogP contribution in [0.25, 0.3) is 0 Å². The van der Waals surface area contributed by atoms with Crippen LogP contribution < -0.4 is 8.92 Å². The Labute approximate surface area is 163 Å². The highest BCUT2D eigenvalue weighted by atomic mass is 35.5. The third-order valence-corrected chi connectivity index (χ3v) is 4.55. The summed E-state index contributed by atoms with van der Waals surface area (Å²) in [7, 11) is 0. The van der Waals surface area contributed by atoms with Gasteiger partial charge in [-0.15, -0.1) is 11.6 Å². The minimum absolute atomic E-state index is 0.358. The fourth-order valence-corrected chi connectivity index (χ4v) is 3.11. The van der Waals surface area contributed by atoms with E-state index in [2.05, 4.69) is 0 Å². The van der Waals surface area contributed by atoms with Gasteiger partial charge in [0.05, 0.1) is 24.6 Å². The number of carboxylic acids is 1. The summed E-state index contributed by atoms with van der Waals surface area (Å²) in [5.74, 6) is 0.739. The Morgan fingerprint density at radius 2 is 1.69 bits per heavy atom. The molecule has 1 atom stereocenters. The molecule has 2 aromatic rings. The van der Waals surface area contributed by atoms with Crippen molar-refractivity contribution in [3.8, 4) is 11.5 Å². The second-order valence-electron chi connectivity index (χ2n) is 5.85. The van der Waals surface area contributed by atoms with E-state index in [9.17, 15) is 9.90 Å². The predicted octanol–water partition coefficient (Wildman–Crippen LogP) is 4.84. The number of benzene rings is 2. The molecule has 0 aliphatic heterocycles. The normalized spacial score (nSPS) is 11.8. The summed E-state index contributed by atoms with van der Waals surface area (Å²) in [5.41, 5.74) is 2.16. The van der Waals surface area contributed by atoms with Gasteiger partial charge in [0, 0.05) is 18.6 Å². The van der Waals surface area contributed by atoms with E-state index >= 15 is 0 Å². The van der Waals surface area contributed by atoms with E-state index in [-0.39, 0.29) is 0 Å². The average Bonchev–Trinajstić information content (AvgIpc) is 2.64. The van der Waals surface area contributed by atoms with Gasteiger partial charge in [0.15, 0.2) is 0 Å². The summed E-state index contributed by atoms with van der Waals surface area (Å²) in [5, 5.41) is 9.21. The van der Waals surface area contributed by atoms with Gasteiger partial charge in [-0.3, -0.25) is 4.79 Å². The van der Waals surface area contributed by atoms with Crippen LogP contribution >= 0.6 is 23.6 Å². The van der Waals surface area contributed by atoms with E-state index in [1.165, 1.54) is 12.0 Å². The van der Waals surface area contributed by atoms with Crippen LogP contribution in [0.5, 0.6) is 11.5 Å². The number of carboxylic acid groups (broad SMARTS) is 1. The Kier molecular flexibility index (Phi) is 8.65. The predicted molar refractivity (Wildman–Crippen MR) is 106 cm³/mol. The summed E-state index contributed by atoms with van der Waals surface area (Å²) in [4.78, 5) is 11.2. The number of alkyl halides is 1. The fraction of sp³-hybridized carbons (Fsp3) is 0.350. The van der Waals surface area contributed by atoms with E-state index < -0.39 is 11.9 Å². The summed E-state index contributed by atoms with van der Waals surface area (Å²) >= 11 is 6.98. The zero-order valence-corrected chi connectivity index (χ0v) is 16.3. The molecule has 140 valence electrons. The van der Waals surface area contributed by atoms with Gasteiger partial charge in [-0.05, 0) is 48.2 Å². The van der Waals surface area contributed by atoms with E-state index in [1.807, 2.05) is 54.8 Å². The zero-order chi connectivity index (χ0) is 18.8. The smallest absolute Gasteiger partial charge is 0.306 e. The molecule has 2 aromatic carbocycles. The van der Waals surface area contributed by atoms with Crippen LogP contribution in [0.3, 0.4) is 0 Å². The molecule has 0 bridgehead atoms. The van der Waals surface area contributed by atoms with Crippen LogP contribution in [0.2, 0.25) is 0 Å². The van der Waals surface area contributed by atoms with Crippen molar-refractivity contribution in [1.29, 1.82) is 0 Å². The number of rotatable bonds is 11. The topological polar surface area (TPSA) is 55.8 Å². The zero-order valence-electron chi connectivity index (χ0n) is 14.7. The number of aliphatic carboxylic acids is 1. The number of carbonyl (C=O) groups is 1. The molecule has 6 heteroatoms. The second kappa shape index (κ2) is 11.0. The molecule has 4 nitrogen and oxygen atoms in total. The minimum atomic E-state index is -0.794. The lowest BCUT2D eigenvalue weighted by Gasteiger charge is -2.11. The van der Waals surface area contributed by atoms with Gasteiger partial charge in [0.25, 0.3) is 0 Å². The van der Waals surface area contributed by atoms with Crippen molar-refractivity contribution >= 4 is 29.6 Å². The molecule has 0 radical (unpaired) electrons. The Balaban J connectivity index is 1.80. The molecule has 0 aliphatic rings. The lowest BCUT2D eigenvalue weighted by Crippen LogP contribution is -2.17. The molecule has 0 aromatic heterocycles. The molecule has 0 spiro atoms. The first kappa shape index (κ1) is 20.5. The summed E-state index contributed by atoms with van der Waals surface area (Å²) in [6.45, 7) is 0.575. The van der Waals surface area contributed by atoms with Crippen molar-refractivity contribution in [1.82, 2.24) is 0 Å². The molecule has 0 amide bonds. The van der Waals surface area contributed by atoms with Crippen LogP contribution in [0.4, 0.5) is 0 Å². The molecule has 0 fully saturated rings. The van der Waals surface area contributed by atoms with Crippen molar-refractivity contribution in [2.75, 3.05) is 18.7 Å². The molecular formula is C20H23ClO4S. The molecule has 1 unspecified atom stereocenters. The molecule has 0 heterocycles. The first-order valence-corrected chi connectivity index (χ1v) is 10.1. The maximum Gasteiger partial charge on any atom is 0.306 e. The monoisotopic (exact) mass is 394 g/mol. The van der Waals surface area contributed by atoms with Gasteiger partial charge in [-0.1, -0.05) is 24.3 Å². The van der Waals surface area contributed by atoms with Crippen LogP contribution in [-0.4, -0.2) is 29.8 Å². The van der Waals surface area contributed by atoms with Gasteiger partial charge in [0.1, 0.15) is 11.5 Å². The van der Waals surface area contributed by atoms with Gasteiger partial charge >= 0.3 is 5.97 Å². The standard InChI is InChI=1S/C20H23ClO4S/c1-26-25-19-8-6-18(7-9-19)24-13-11-15-2-4-16(5-3-15)14-17(10-12-21)20(22)23/h2-9,17H,10-14H2,1H3,(H,22,23). The van der Waals surface area contributed by atoms with Gasteiger partial charge in [-0.2, -0.15) is 0 Å². The highest BCUT2D eigenvalue weighted by Gasteiger charge is 2.17. The van der Waals surface area contributed by atoms with Crippen molar-refractivity contribution in [3.63, 3.8) is 0 Å². The van der Waals surface area contributed by atoms with Crippen molar-refractivity contribution in [2.24, 2.45) is 5.92 Å². The van der Waals surface area contributed by atoms with Crippen LogP contribution in [0.15, 0.2) is 48.5 Å². The third-order valence-electron chi connectivity index (χ3n) is 3.97. The third kappa shape index (κ3) is 6.81. The molecule has 2 rings (SSSR count). The summed E-state index contributed by atoms with van der Waals surface area (Å²) < 4.78 is 11.1. The highest BCUT2D eigenvalue weighted by molar-refractivity contribution is 7.94. The van der Waals surface area contributed by atoms with Crippen molar-refractivity contribution < 1.29 is 18.8 Å². The summed E-state index contributed by atoms with van der Waals surface area (Å²) in [6.07, 6.45) is 3.64. The van der Waals surface area contributed by atoms with E-state index in [4.69, 9.17) is 20.5 Å². The number of hydrogen-bond donors (Lipinski definition) is 1. The number of halogens is 1. The first-order chi connectivity index (χ1) is 12.6. The van der Waals surface area contributed by atoms with E-state index in [1.54, 1.807) is 0 Å². The highest BCUT2D eigenvalue weighted by Crippen LogP contribution is 2.20. The molecule has 26 heavy (non-hydrogen) atoms. The fourth-order valence-electron chi connectivity index (χ4n) is 2.55. The van der Waals surface area contributed by atoms with Crippen LogP contribution in [0, 0.1) is 5.92 Å². The van der Waals surface area contributed by atoms with Crippen LogP contribution in [-0.2, 0) is 17.6 Å². The SMILES string of the molecule is CSOc1ccc(OCCc2ccc(CC(CCCl)C(=O)O)cc2)cc1. The molecule has 0 aliphatic carbocycles. The Morgan fingerprint density at radius 1 is 1.08 bits per heavy atom. The Hall–Kier alpha value is -1.85. The first-order valence-electron chi connectivity index (χ1n) is 8.42. The minimum Gasteiger partial charge on any atom is -0.493 e. The largest absolute Gasteiger partial charge is 0.493 e. The van der Waals surface area contributed by atoms with Gasteiger partial charge in [-0.25, -0.2) is 0 Å². The van der Waals surface area contributed by atoms with Crippen molar-refractivity contribution in [2.45, 2.75) is 19.3 Å². The van der Waals surface area contributed by atoms with Gasteiger partial charge < -0.3 is 14.0 Å². The lowest BCUT2D eigenvalue weighted by molar-refractivity contribution is -0.141. The molecule has 0 saturated carbocycles. The van der Waals surface area contributed by atoms with Crippen LogP contribution in [0.1, 0.15) is 17.5 Å². The average molecular weight is 395 g/mol. The van der Waals surface area contributed by atoms with Crippen molar-refractivity contribution in [3.05, 3.63) is 59.7 Å². The second-order valence-corrected chi connectivity index (χ2v) is 6.73. The maximum atomic E-state index is 11.2. The number of ether oxygens (including phenoxy) is 1. The quantitative estimate of drug-likeness (QED) is 0.436. The lowest BCUT2D eigenvalue weighted by atomic mass is 9.96. The summed E-state index contributed by atoms with van der Waals surface area (Å²) in [6, 6.07) is 15.5. The molecule has 1 N–H and O–H groups in total. The number of hydrogen-bond acceptors (Lipinski definition) is 4. The molecular weight excluding hydrogens is 372 g/mol. The Morgan fingerprint density at radius 3 is 2.27 bits per heavy atom. The maximum absolute atomic E-state index is 11.2.